The maximum absolute atomic E-state index is 13.0. The summed E-state index contributed by atoms with van der Waals surface area (Å²) in [5.74, 6) is -1.66. The summed E-state index contributed by atoms with van der Waals surface area (Å²) in [7, 11) is -4.74. The van der Waals surface area contributed by atoms with Gasteiger partial charge in [-0.2, -0.15) is 8.42 Å². The van der Waals surface area contributed by atoms with Gasteiger partial charge in [-0.1, -0.05) is 71.9 Å². The molecule has 0 saturated carbocycles. The molecule has 0 aliphatic carbocycles. The van der Waals surface area contributed by atoms with Crippen molar-refractivity contribution < 1.29 is 32.1 Å². The predicted molar refractivity (Wildman–Crippen MR) is 158 cm³/mol. The lowest BCUT2D eigenvalue weighted by molar-refractivity contribution is -0.143. The van der Waals surface area contributed by atoms with Gasteiger partial charge in [0.25, 0.3) is 11.8 Å². The van der Waals surface area contributed by atoms with Crippen molar-refractivity contribution >= 4 is 39.2 Å². The van der Waals surface area contributed by atoms with Gasteiger partial charge in [0.05, 0.1) is 16.6 Å². The lowest BCUT2D eigenvalue weighted by Gasteiger charge is -2.42. The smallest absolute Gasteiger partial charge is 0.362 e. The van der Waals surface area contributed by atoms with E-state index in [1.54, 1.807) is 17.5 Å². The van der Waals surface area contributed by atoms with Crippen LogP contribution in [0.15, 0.2) is 100 Å². The highest BCUT2D eigenvalue weighted by molar-refractivity contribution is 7.84. The van der Waals surface area contributed by atoms with Gasteiger partial charge in [-0.15, -0.1) is 11.3 Å². The summed E-state index contributed by atoms with van der Waals surface area (Å²) in [4.78, 5) is 46.9. The van der Waals surface area contributed by atoms with Crippen molar-refractivity contribution in [3.05, 3.63) is 122 Å². The van der Waals surface area contributed by atoms with Crippen LogP contribution in [0.25, 0.3) is 0 Å². The van der Waals surface area contributed by atoms with Gasteiger partial charge in [0, 0.05) is 12.3 Å². The van der Waals surface area contributed by atoms with Crippen LogP contribution in [0.5, 0.6) is 5.75 Å². The highest BCUT2D eigenvalue weighted by Gasteiger charge is 2.51. The van der Waals surface area contributed by atoms with Crippen molar-refractivity contribution in [1.29, 1.82) is 0 Å². The fourth-order valence-corrected chi connectivity index (χ4v) is 6.06. The highest BCUT2D eigenvalue weighted by atomic mass is 32.2. The van der Waals surface area contributed by atoms with E-state index in [1.165, 1.54) is 30.5 Å². The minimum atomic E-state index is -4.74. The maximum atomic E-state index is 13.0. The fourth-order valence-electron chi connectivity index (χ4n) is 4.48. The molecule has 4 aromatic rings. The number of pyridine rings is 1. The van der Waals surface area contributed by atoms with Crippen LogP contribution < -0.4 is 15.5 Å². The molecule has 2 atom stereocenters. The van der Waals surface area contributed by atoms with Crippen LogP contribution in [0.4, 0.5) is 0 Å². The Balaban J connectivity index is 1.28. The minimum Gasteiger partial charge on any atom is -0.475 e. The second kappa shape index (κ2) is 12.6. The van der Waals surface area contributed by atoms with Crippen LogP contribution >= 0.6 is 11.3 Å². The van der Waals surface area contributed by atoms with Gasteiger partial charge in [-0.25, -0.2) is 4.31 Å². The Labute approximate surface area is 250 Å². The molecular formula is C29H26N4O8S2. The van der Waals surface area contributed by atoms with E-state index in [0.29, 0.717) is 10.6 Å². The summed E-state index contributed by atoms with van der Waals surface area (Å²) in [6.07, 6.45) is 0.915. The fraction of sp³-hybridized carbons (Fsp3) is 0.172. The number of rotatable bonds is 11. The molecule has 3 heterocycles. The number of carbonyl (C=O) groups is 2. The average Bonchev–Trinajstić information content (AvgIpc) is 3.52. The van der Waals surface area contributed by atoms with Gasteiger partial charge >= 0.3 is 10.3 Å². The topological polar surface area (TPSA) is 167 Å². The quantitative estimate of drug-likeness (QED) is 0.0993. The molecule has 14 heteroatoms. The Kier molecular flexibility index (Phi) is 8.71. The van der Waals surface area contributed by atoms with Crippen LogP contribution in [-0.2, 0) is 31.3 Å². The van der Waals surface area contributed by atoms with E-state index in [-0.39, 0.29) is 22.4 Å². The highest BCUT2D eigenvalue weighted by Crippen LogP contribution is 2.27. The monoisotopic (exact) mass is 622 g/mol. The van der Waals surface area contributed by atoms with Crippen molar-refractivity contribution in [3.63, 3.8) is 0 Å². The number of aromatic amines is 1. The molecule has 1 fully saturated rings. The van der Waals surface area contributed by atoms with E-state index in [2.05, 4.69) is 15.5 Å². The molecule has 0 radical (unpaired) electrons. The molecule has 2 aromatic heterocycles. The molecule has 1 aliphatic rings. The van der Waals surface area contributed by atoms with Crippen molar-refractivity contribution in [2.24, 2.45) is 5.16 Å². The number of amides is 2. The zero-order chi connectivity index (χ0) is 30.6. The van der Waals surface area contributed by atoms with Crippen LogP contribution in [0, 0.1) is 0 Å². The number of H-pyrrole nitrogens is 1. The first-order valence-corrected chi connectivity index (χ1v) is 15.2. The third kappa shape index (κ3) is 6.66. The third-order valence-corrected chi connectivity index (χ3v) is 8.49. The van der Waals surface area contributed by atoms with Gasteiger partial charge in [-0.3, -0.25) is 18.9 Å². The summed E-state index contributed by atoms with van der Waals surface area (Å²) >= 11 is 1.19. The van der Waals surface area contributed by atoms with Gasteiger partial charge < -0.3 is 19.9 Å². The molecule has 222 valence electrons. The predicted octanol–water partition coefficient (Wildman–Crippen LogP) is 3.04. The molecule has 5 rings (SSSR count). The number of carbonyl (C=O) groups excluding carboxylic acids is 2. The standard InChI is InChI=1S/C29H26N4O8S2/c1-18-25(29(36)33(18)43(37,38)39)31-28(35)26(24-13-8-14-42-24)32-40-17-21-15-22(34)23(16-30-21)41-27(19-9-4-2-5-10-19)20-11-6-3-7-12-20/h2-16,18,25,27H,17H2,1H3,(H,30,34)(H,31,35)(H,37,38,39)/b32-26-/t18-,25-/m0/s1. The first-order valence-electron chi connectivity index (χ1n) is 13.0. The summed E-state index contributed by atoms with van der Waals surface area (Å²) in [6, 6.07) is 21.5. The van der Waals surface area contributed by atoms with Gasteiger partial charge in [0.15, 0.2) is 18.1 Å². The largest absolute Gasteiger partial charge is 0.475 e. The summed E-state index contributed by atoms with van der Waals surface area (Å²) in [6.45, 7) is 1.16. The van der Waals surface area contributed by atoms with Crippen molar-refractivity contribution in [1.82, 2.24) is 14.6 Å². The van der Waals surface area contributed by atoms with Gasteiger partial charge in [0.1, 0.15) is 12.1 Å². The number of nitrogens with zero attached hydrogens (tertiary/aromatic N) is 2. The summed E-state index contributed by atoms with van der Waals surface area (Å²) in [5.41, 5.74) is 1.55. The number of aromatic nitrogens is 1. The number of hydrogen-bond donors (Lipinski definition) is 3. The number of hydrogen-bond acceptors (Lipinski definition) is 9. The Hall–Kier alpha value is -4.79. The number of ether oxygens (including phenoxy) is 1. The van der Waals surface area contributed by atoms with E-state index < -0.39 is 45.7 Å². The second-order valence-corrected chi connectivity index (χ2v) is 11.7. The lowest BCUT2D eigenvalue weighted by atomic mass is 10.0. The molecule has 2 amide bonds. The molecule has 1 aliphatic heterocycles. The SMILES string of the molecule is C[C@H]1[C@H](NC(=O)/C(=N\OCc2cc(=O)c(OC(c3ccccc3)c3ccccc3)c[nH]2)c2cccs2)C(=O)N1S(=O)(=O)O. The molecule has 0 unspecified atom stereocenters. The van der Waals surface area contributed by atoms with E-state index in [0.717, 1.165) is 11.1 Å². The number of oxime groups is 1. The summed E-state index contributed by atoms with van der Waals surface area (Å²) in [5, 5.41) is 8.08. The van der Waals surface area contributed by atoms with E-state index in [1.807, 2.05) is 60.7 Å². The summed E-state index contributed by atoms with van der Waals surface area (Å²) < 4.78 is 38.3. The van der Waals surface area contributed by atoms with Crippen molar-refractivity contribution in [2.45, 2.75) is 31.7 Å². The van der Waals surface area contributed by atoms with Gasteiger partial charge in [-0.05, 0) is 29.5 Å². The Morgan fingerprint density at radius 1 is 1.07 bits per heavy atom. The first kappa shape index (κ1) is 29.7. The molecule has 0 bridgehead atoms. The van der Waals surface area contributed by atoms with Crippen LogP contribution in [0.2, 0.25) is 0 Å². The molecular weight excluding hydrogens is 596 g/mol. The Bertz CT molecular complexity index is 1750. The van der Waals surface area contributed by atoms with E-state index >= 15 is 0 Å². The lowest BCUT2D eigenvalue weighted by Crippen LogP contribution is -2.71. The normalized spacial score (nSPS) is 17.0. The van der Waals surface area contributed by atoms with E-state index in [4.69, 9.17) is 9.57 Å². The van der Waals surface area contributed by atoms with Crippen LogP contribution in [-0.4, -0.2) is 51.9 Å². The number of thiophene rings is 1. The molecule has 3 N–H and O–H groups in total. The van der Waals surface area contributed by atoms with Crippen molar-refractivity contribution in [2.75, 3.05) is 0 Å². The van der Waals surface area contributed by atoms with E-state index in [9.17, 15) is 27.4 Å². The second-order valence-electron chi connectivity index (χ2n) is 9.50. The van der Waals surface area contributed by atoms with Crippen LogP contribution in [0.1, 0.15) is 34.7 Å². The third-order valence-electron chi connectivity index (χ3n) is 6.60. The molecule has 2 aromatic carbocycles. The Morgan fingerprint density at radius 3 is 2.26 bits per heavy atom. The Morgan fingerprint density at radius 2 is 1.72 bits per heavy atom. The molecule has 43 heavy (non-hydrogen) atoms. The zero-order valence-corrected chi connectivity index (χ0v) is 24.2. The first-order chi connectivity index (χ1) is 20.6. The number of β-lactam (4-membered cyclic amide) rings is 1. The average molecular weight is 623 g/mol. The van der Waals surface area contributed by atoms with Crippen molar-refractivity contribution in [3.8, 4) is 5.75 Å². The molecule has 12 nitrogen and oxygen atoms in total. The number of nitrogens with one attached hydrogen (secondary N) is 2. The van der Waals surface area contributed by atoms with Gasteiger partial charge in [0.2, 0.25) is 5.43 Å². The maximum Gasteiger partial charge on any atom is 0.362 e. The minimum absolute atomic E-state index is 0.0989. The molecule has 1 saturated heterocycles. The van der Waals surface area contributed by atoms with Crippen LogP contribution in [0.3, 0.4) is 0 Å². The number of benzene rings is 2. The molecule has 0 spiro atoms. The zero-order valence-electron chi connectivity index (χ0n) is 22.6.